The van der Waals surface area contributed by atoms with E-state index in [4.69, 9.17) is 9.15 Å². The van der Waals surface area contributed by atoms with E-state index < -0.39 is 5.97 Å². The predicted octanol–water partition coefficient (Wildman–Crippen LogP) is 3.18. The number of thioether (sulfide) groups is 1. The number of ether oxygens (including phenoxy) is 1. The third-order valence-corrected chi connectivity index (χ3v) is 4.40. The van der Waals surface area contributed by atoms with Crippen molar-refractivity contribution in [3.8, 4) is 0 Å². The molecule has 0 fully saturated rings. The van der Waals surface area contributed by atoms with Crippen LogP contribution < -0.4 is 5.32 Å². The van der Waals surface area contributed by atoms with Gasteiger partial charge in [-0.25, -0.2) is 4.79 Å². The summed E-state index contributed by atoms with van der Waals surface area (Å²) in [6.45, 7) is 0. The fraction of sp³-hybridized carbons (Fsp3) is 0.158. The van der Waals surface area contributed by atoms with Crippen molar-refractivity contribution in [1.82, 2.24) is 10.2 Å². The smallest absolute Gasteiger partial charge is 0.339 e. The van der Waals surface area contributed by atoms with Crippen LogP contribution in [0.2, 0.25) is 0 Å². The molecule has 138 valence electrons. The lowest BCUT2D eigenvalue weighted by Gasteiger charge is -2.08. The minimum absolute atomic E-state index is 0.0719. The molecular formula is C19H17N3O4S. The number of hydrogen-bond donors (Lipinski definition) is 1. The average Bonchev–Trinajstić information content (AvgIpc) is 3.14. The summed E-state index contributed by atoms with van der Waals surface area (Å²) >= 11 is 1.13. The van der Waals surface area contributed by atoms with Crippen molar-refractivity contribution in [1.29, 1.82) is 0 Å². The van der Waals surface area contributed by atoms with Gasteiger partial charge < -0.3 is 14.5 Å². The summed E-state index contributed by atoms with van der Waals surface area (Å²) in [5, 5.41) is 10.9. The fourth-order valence-corrected chi connectivity index (χ4v) is 2.91. The van der Waals surface area contributed by atoms with E-state index in [2.05, 4.69) is 15.5 Å². The molecule has 0 aliphatic carbocycles. The Kier molecular flexibility index (Phi) is 6.22. The third kappa shape index (κ3) is 5.18. The number of nitrogens with one attached hydrogen (secondary N) is 1. The van der Waals surface area contributed by atoms with E-state index in [9.17, 15) is 9.59 Å². The number of amides is 1. The van der Waals surface area contributed by atoms with Crippen LogP contribution >= 0.6 is 11.8 Å². The standard InChI is InChI=1S/C19H17N3O4S/c1-25-18(24)14-9-5-6-10-15(14)20-16(23)12-27-19-22-21-17(26-19)11-13-7-3-2-4-8-13/h2-10H,11-12H2,1H3,(H,20,23). The lowest BCUT2D eigenvalue weighted by atomic mass is 10.2. The number of aromatic nitrogens is 2. The number of rotatable bonds is 7. The van der Waals surface area contributed by atoms with Crippen molar-refractivity contribution in [3.05, 3.63) is 71.6 Å². The number of benzene rings is 2. The van der Waals surface area contributed by atoms with Crippen LogP contribution in [0, 0.1) is 0 Å². The van der Waals surface area contributed by atoms with Crippen molar-refractivity contribution >= 4 is 29.3 Å². The van der Waals surface area contributed by atoms with Crippen LogP contribution in [0.1, 0.15) is 21.8 Å². The van der Waals surface area contributed by atoms with Gasteiger partial charge in [0.15, 0.2) is 0 Å². The lowest BCUT2D eigenvalue weighted by molar-refractivity contribution is -0.113. The predicted molar refractivity (Wildman–Crippen MR) is 101 cm³/mol. The molecule has 0 unspecified atom stereocenters. The minimum Gasteiger partial charge on any atom is -0.465 e. The highest BCUT2D eigenvalue weighted by molar-refractivity contribution is 7.99. The first-order chi connectivity index (χ1) is 13.2. The van der Waals surface area contributed by atoms with Gasteiger partial charge in [-0.3, -0.25) is 4.79 Å². The molecule has 27 heavy (non-hydrogen) atoms. The van der Waals surface area contributed by atoms with Crippen molar-refractivity contribution in [2.45, 2.75) is 11.6 Å². The number of carbonyl (C=O) groups excluding carboxylic acids is 2. The van der Waals surface area contributed by atoms with Crippen LogP contribution in [-0.4, -0.2) is 34.9 Å². The van der Waals surface area contributed by atoms with Gasteiger partial charge in [-0.1, -0.05) is 54.2 Å². The van der Waals surface area contributed by atoms with Gasteiger partial charge in [-0.15, -0.1) is 10.2 Å². The molecule has 0 saturated heterocycles. The molecule has 0 spiro atoms. The summed E-state index contributed by atoms with van der Waals surface area (Å²) in [7, 11) is 1.29. The molecule has 7 nitrogen and oxygen atoms in total. The maximum absolute atomic E-state index is 12.2. The van der Waals surface area contributed by atoms with Gasteiger partial charge in [-0.05, 0) is 17.7 Å². The molecule has 0 aliphatic heterocycles. The number of anilines is 1. The zero-order valence-corrected chi connectivity index (χ0v) is 15.4. The number of carbonyl (C=O) groups is 2. The highest BCUT2D eigenvalue weighted by Crippen LogP contribution is 2.20. The van der Waals surface area contributed by atoms with Gasteiger partial charge in [-0.2, -0.15) is 0 Å². The SMILES string of the molecule is COC(=O)c1ccccc1NC(=O)CSc1nnc(Cc2ccccc2)o1. The minimum atomic E-state index is -0.513. The van der Waals surface area contributed by atoms with Crippen molar-refractivity contribution < 1.29 is 18.7 Å². The highest BCUT2D eigenvalue weighted by Gasteiger charge is 2.15. The van der Waals surface area contributed by atoms with Crippen LogP contribution in [-0.2, 0) is 16.0 Å². The molecule has 0 atom stereocenters. The lowest BCUT2D eigenvalue weighted by Crippen LogP contribution is -2.17. The van der Waals surface area contributed by atoms with Crippen LogP contribution in [0.4, 0.5) is 5.69 Å². The van der Waals surface area contributed by atoms with E-state index in [1.54, 1.807) is 24.3 Å². The molecule has 8 heteroatoms. The molecule has 3 rings (SSSR count). The van der Waals surface area contributed by atoms with Crippen molar-refractivity contribution in [3.63, 3.8) is 0 Å². The summed E-state index contributed by atoms with van der Waals surface area (Å²) in [5.41, 5.74) is 1.75. The van der Waals surface area contributed by atoms with E-state index in [1.165, 1.54) is 7.11 Å². The second-order valence-electron chi connectivity index (χ2n) is 5.50. The molecule has 1 N–H and O–H groups in total. The topological polar surface area (TPSA) is 94.3 Å². The fourth-order valence-electron chi connectivity index (χ4n) is 2.33. The summed E-state index contributed by atoms with van der Waals surface area (Å²) in [6.07, 6.45) is 0.535. The van der Waals surface area contributed by atoms with Crippen LogP contribution in [0.15, 0.2) is 64.2 Å². The number of para-hydroxylation sites is 1. The molecule has 1 aromatic heterocycles. The summed E-state index contributed by atoms with van der Waals surface area (Å²) in [6, 6.07) is 16.4. The molecular weight excluding hydrogens is 366 g/mol. The molecule has 0 bridgehead atoms. The molecule has 1 heterocycles. The third-order valence-electron chi connectivity index (χ3n) is 3.58. The Labute approximate surface area is 160 Å². The number of nitrogens with zero attached hydrogens (tertiary/aromatic N) is 2. The second-order valence-corrected chi connectivity index (χ2v) is 6.42. The van der Waals surface area contributed by atoms with E-state index in [0.717, 1.165) is 17.3 Å². The van der Waals surface area contributed by atoms with Gasteiger partial charge in [0.1, 0.15) is 0 Å². The summed E-state index contributed by atoms with van der Waals surface area (Å²) in [5.74, 6) is -0.247. The van der Waals surface area contributed by atoms with Crippen molar-refractivity contribution in [2.75, 3.05) is 18.2 Å². The van der Waals surface area contributed by atoms with Gasteiger partial charge >= 0.3 is 5.97 Å². The van der Waals surface area contributed by atoms with E-state index >= 15 is 0 Å². The molecule has 0 saturated carbocycles. The van der Waals surface area contributed by atoms with E-state index in [-0.39, 0.29) is 11.7 Å². The largest absolute Gasteiger partial charge is 0.465 e. The average molecular weight is 383 g/mol. The van der Waals surface area contributed by atoms with Gasteiger partial charge in [0, 0.05) is 0 Å². The molecule has 0 radical (unpaired) electrons. The molecule has 3 aromatic rings. The normalized spacial score (nSPS) is 10.4. The number of methoxy groups -OCH3 is 1. The Balaban J connectivity index is 1.55. The van der Waals surface area contributed by atoms with Gasteiger partial charge in [0.2, 0.25) is 11.8 Å². The first-order valence-electron chi connectivity index (χ1n) is 8.12. The number of esters is 1. The Bertz CT molecular complexity index is 927. The van der Waals surface area contributed by atoms with E-state index in [0.29, 0.717) is 28.8 Å². The van der Waals surface area contributed by atoms with Gasteiger partial charge in [0.25, 0.3) is 5.22 Å². The molecule has 2 aromatic carbocycles. The quantitative estimate of drug-likeness (QED) is 0.494. The Morgan fingerprint density at radius 1 is 1.07 bits per heavy atom. The second kappa shape index (κ2) is 9.00. The Morgan fingerprint density at radius 2 is 1.81 bits per heavy atom. The molecule has 0 aliphatic rings. The van der Waals surface area contributed by atoms with Crippen LogP contribution in [0.25, 0.3) is 0 Å². The Morgan fingerprint density at radius 3 is 2.59 bits per heavy atom. The zero-order chi connectivity index (χ0) is 19.1. The first-order valence-corrected chi connectivity index (χ1v) is 9.10. The first kappa shape index (κ1) is 18.7. The van der Waals surface area contributed by atoms with Crippen molar-refractivity contribution in [2.24, 2.45) is 0 Å². The summed E-state index contributed by atoms with van der Waals surface area (Å²) < 4.78 is 10.3. The molecule has 1 amide bonds. The van der Waals surface area contributed by atoms with E-state index in [1.807, 2.05) is 30.3 Å². The number of hydrogen-bond acceptors (Lipinski definition) is 7. The Hall–Kier alpha value is -3.13. The van der Waals surface area contributed by atoms with Crippen LogP contribution in [0.5, 0.6) is 0 Å². The zero-order valence-electron chi connectivity index (χ0n) is 14.5. The monoisotopic (exact) mass is 383 g/mol. The van der Waals surface area contributed by atoms with Gasteiger partial charge in [0.05, 0.1) is 30.5 Å². The summed E-state index contributed by atoms with van der Waals surface area (Å²) in [4.78, 5) is 23.9. The maximum Gasteiger partial charge on any atom is 0.339 e. The highest BCUT2D eigenvalue weighted by atomic mass is 32.2. The maximum atomic E-state index is 12.2. The van der Waals surface area contributed by atoms with Crippen LogP contribution in [0.3, 0.4) is 0 Å².